The molecule has 1 saturated carbocycles. The van der Waals surface area contributed by atoms with Gasteiger partial charge in [-0.05, 0) is 43.9 Å². The fourth-order valence-electron chi connectivity index (χ4n) is 2.43. The number of carbonyl (C=O) groups excluding carboxylic acids is 1. The van der Waals surface area contributed by atoms with E-state index in [1.54, 1.807) is 0 Å². The summed E-state index contributed by atoms with van der Waals surface area (Å²) in [7, 11) is -3.97. The number of rotatable bonds is 3. The molecule has 21 heavy (non-hydrogen) atoms. The van der Waals surface area contributed by atoms with Crippen molar-refractivity contribution < 1.29 is 17.9 Å². The minimum atomic E-state index is -3.97. The Kier molecular flexibility index (Phi) is 5.24. The lowest BCUT2D eigenvalue weighted by Gasteiger charge is -2.15. The van der Waals surface area contributed by atoms with Gasteiger partial charge in [0, 0.05) is 0 Å². The summed E-state index contributed by atoms with van der Waals surface area (Å²) in [5.41, 5.74) is 0.146. The Bertz CT molecular complexity index is 622. The number of nitrogens with two attached hydrogens (primary N) is 1. The molecule has 0 heterocycles. The first-order chi connectivity index (χ1) is 9.88. The van der Waals surface area contributed by atoms with Gasteiger partial charge in [0.2, 0.25) is 10.0 Å². The molecule has 2 rings (SSSR count). The molecule has 0 amide bonds. The van der Waals surface area contributed by atoms with Crippen LogP contribution >= 0.6 is 11.6 Å². The standard InChI is InChI=1S/C14H18ClNO4S/c15-12-8-7-10(9-13(12)21(16,18)19)14(17)20-11-5-3-1-2-4-6-11/h7-9,11H,1-6H2,(H2,16,18,19). The quantitative estimate of drug-likeness (QED) is 0.681. The molecule has 1 aromatic rings. The number of halogens is 1. The lowest BCUT2D eigenvalue weighted by molar-refractivity contribution is 0.0267. The number of esters is 1. The van der Waals surface area contributed by atoms with Crippen molar-refractivity contribution in [1.29, 1.82) is 0 Å². The normalized spacial score (nSPS) is 17.2. The molecule has 1 aromatic carbocycles. The molecule has 1 fully saturated rings. The number of hydrogen-bond acceptors (Lipinski definition) is 4. The molecule has 0 atom stereocenters. The maximum absolute atomic E-state index is 12.1. The van der Waals surface area contributed by atoms with E-state index >= 15 is 0 Å². The van der Waals surface area contributed by atoms with Gasteiger partial charge in [-0.15, -0.1) is 0 Å². The van der Waals surface area contributed by atoms with Gasteiger partial charge in [-0.25, -0.2) is 18.4 Å². The van der Waals surface area contributed by atoms with Crippen molar-refractivity contribution in [1.82, 2.24) is 0 Å². The number of ether oxygens (including phenoxy) is 1. The summed E-state index contributed by atoms with van der Waals surface area (Å²) >= 11 is 5.79. The van der Waals surface area contributed by atoms with Gasteiger partial charge in [-0.3, -0.25) is 0 Å². The summed E-state index contributed by atoms with van der Waals surface area (Å²) in [5, 5.41) is 5.06. The Balaban J connectivity index is 2.16. The first kappa shape index (κ1) is 16.3. The zero-order chi connectivity index (χ0) is 15.5. The van der Waals surface area contributed by atoms with Gasteiger partial charge in [0.25, 0.3) is 0 Å². The Morgan fingerprint density at radius 2 is 1.81 bits per heavy atom. The molecular weight excluding hydrogens is 314 g/mol. The lowest BCUT2D eigenvalue weighted by atomic mass is 10.1. The molecule has 1 aliphatic rings. The molecule has 116 valence electrons. The molecule has 2 N–H and O–H groups in total. The second-order valence-electron chi connectivity index (χ2n) is 5.21. The minimum Gasteiger partial charge on any atom is -0.459 e. The van der Waals surface area contributed by atoms with Gasteiger partial charge < -0.3 is 4.74 Å². The molecule has 1 aliphatic carbocycles. The highest BCUT2D eigenvalue weighted by atomic mass is 35.5. The van der Waals surface area contributed by atoms with Gasteiger partial charge in [-0.2, -0.15) is 0 Å². The monoisotopic (exact) mass is 331 g/mol. The number of sulfonamides is 1. The highest BCUT2D eigenvalue weighted by molar-refractivity contribution is 7.89. The Hall–Kier alpha value is -1.11. The Morgan fingerprint density at radius 3 is 2.38 bits per heavy atom. The fraction of sp³-hybridized carbons (Fsp3) is 0.500. The van der Waals surface area contributed by atoms with Crippen molar-refractivity contribution in [2.75, 3.05) is 0 Å². The van der Waals surface area contributed by atoms with Gasteiger partial charge >= 0.3 is 5.97 Å². The molecule has 0 radical (unpaired) electrons. The lowest BCUT2D eigenvalue weighted by Crippen LogP contribution is -2.19. The highest BCUT2D eigenvalue weighted by Gasteiger charge is 2.20. The maximum Gasteiger partial charge on any atom is 0.338 e. The Labute approximate surface area is 129 Å². The van der Waals surface area contributed by atoms with Crippen LogP contribution in [0.1, 0.15) is 48.9 Å². The predicted molar refractivity (Wildman–Crippen MR) is 79.7 cm³/mol. The van der Waals surface area contributed by atoms with E-state index in [1.807, 2.05) is 0 Å². The largest absolute Gasteiger partial charge is 0.459 e. The predicted octanol–water partition coefficient (Wildman–Crippen LogP) is 2.87. The molecule has 0 aromatic heterocycles. The molecule has 0 unspecified atom stereocenters. The third kappa shape index (κ3) is 4.43. The van der Waals surface area contributed by atoms with Crippen LogP contribution in [0.5, 0.6) is 0 Å². The van der Waals surface area contributed by atoms with Crippen LogP contribution in [-0.4, -0.2) is 20.5 Å². The number of benzene rings is 1. The summed E-state index contributed by atoms with van der Waals surface area (Å²) < 4.78 is 28.3. The molecule has 0 aliphatic heterocycles. The summed E-state index contributed by atoms with van der Waals surface area (Å²) in [4.78, 5) is 11.9. The van der Waals surface area contributed by atoms with E-state index in [0.29, 0.717) is 0 Å². The van der Waals surface area contributed by atoms with Crippen LogP contribution in [0.25, 0.3) is 0 Å². The Morgan fingerprint density at radius 1 is 1.19 bits per heavy atom. The van der Waals surface area contributed by atoms with Gasteiger partial charge in [0.1, 0.15) is 11.0 Å². The molecule has 5 nitrogen and oxygen atoms in total. The minimum absolute atomic E-state index is 0.0106. The molecule has 7 heteroatoms. The number of carbonyl (C=O) groups is 1. The highest BCUT2D eigenvalue weighted by Crippen LogP contribution is 2.24. The second-order valence-corrected chi connectivity index (χ2v) is 7.15. The summed E-state index contributed by atoms with van der Waals surface area (Å²) in [6, 6.07) is 3.94. The first-order valence-electron chi connectivity index (χ1n) is 6.91. The maximum atomic E-state index is 12.1. The third-order valence-corrected chi connectivity index (χ3v) is 4.94. The van der Waals surface area contributed by atoms with E-state index in [9.17, 15) is 13.2 Å². The van der Waals surface area contributed by atoms with E-state index in [4.69, 9.17) is 21.5 Å². The molecule has 0 bridgehead atoms. The van der Waals surface area contributed by atoms with Crippen LogP contribution < -0.4 is 5.14 Å². The molecule has 0 spiro atoms. The van der Waals surface area contributed by atoms with Crippen LogP contribution in [0.3, 0.4) is 0 Å². The zero-order valence-electron chi connectivity index (χ0n) is 11.5. The molecule has 0 saturated heterocycles. The first-order valence-corrected chi connectivity index (χ1v) is 8.83. The van der Waals surface area contributed by atoms with Crippen molar-refractivity contribution >= 4 is 27.6 Å². The van der Waals surface area contributed by atoms with Gasteiger partial charge in [0.05, 0.1) is 10.6 Å². The van der Waals surface area contributed by atoms with Crippen LogP contribution in [0.2, 0.25) is 5.02 Å². The van der Waals surface area contributed by atoms with E-state index in [-0.39, 0.29) is 21.6 Å². The smallest absolute Gasteiger partial charge is 0.338 e. The SMILES string of the molecule is NS(=O)(=O)c1cc(C(=O)OC2CCCCCC2)ccc1Cl. The molecular formula is C14H18ClNO4S. The van der Waals surface area contributed by atoms with Crippen molar-refractivity contribution in [2.45, 2.75) is 49.5 Å². The van der Waals surface area contributed by atoms with Crippen molar-refractivity contribution in [3.8, 4) is 0 Å². The zero-order valence-corrected chi connectivity index (χ0v) is 13.1. The van der Waals surface area contributed by atoms with Crippen molar-refractivity contribution in [2.24, 2.45) is 5.14 Å². The van der Waals surface area contributed by atoms with E-state index in [2.05, 4.69) is 0 Å². The number of primary sulfonamides is 1. The van der Waals surface area contributed by atoms with E-state index < -0.39 is 16.0 Å². The average molecular weight is 332 g/mol. The number of hydrogen-bond donors (Lipinski definition) is 1. The summed E-state index contributed by atoms with van der Waals surface area (Å²) in [5.74, 6) is -0.538. The van der Waals surface area contributed by atoms with Gasteiger partial charge in [-0.1, -0.05) is 24.4 Å². The van der Waals surface area contributed by atoms with Crippen molar-refractivity contribution in [3.63, 3.8) is 0 Å². The van der Waals surface area contributed by atoms with Gasteiger partial charge in [0.15, 0.2) is 0 Å². The summed E-state index contributed by atoms with van der Waals surface area (Å²) in [6.07, 6.45) is 5.99. The topological polar surface area (TPSA) is 86.5 Å². The fourth-order valence-corrected chi connectivity index (χ4v) is 3.50. The second kappa shape index (κ2) is 6.77. The van der Waals surface area contributed by atoms with Crippen LogP contribution in [0, 0.1) is 0 Å². The van der Waals surface area contributed by atoms with Crippen LogP contribution in [-0.2, 0) is 14.8 Å². The average Bonchev–Trinajstić information content (AvgIpc) is 2.66. The van der Waals surface area contributed by atoms with E-state index in [0.717, 1.165) is 44.6 Å². The van der Waals surface area contributed by atoms with Crippen LogP contribution in [0.15, 0.2) is 23.1 Å². The van der Waals surface area contributed by atoms with E-state index in [1.165, 1.54) is 12.1 Å². The summed E-state index contributed by atoms with van der Waals surface area (Å²) in [6.45, 7) is 0. The van der Waals surface area contributed by atoms with Crippen LogP contribution in [0.4, 0.5) is 0 Å². The van der Waals surface area contributed by atoms with Crippen molar-refractivity contribution in [3.05, 3.63) is 28.8 Å². The third-order valence-electron chi connectivity index (χ3n) is 3.55.